The van der Waals surface area contributed by atoms with E-state index in [2.05, 4.69) is 15.9 Å². The molecule has 0 spiro atoms. The van der Waals surface area contributed by atoms with Crippen molar-refractivity contribution in [1.82, 2.24) is 4.90 Å². The second-order valence-electron chi connectivity index (χ2n) is 6.19. The van der Waals surface area contributed by atoms with Gasteiger partial charge < -0.3 is 20.1 Å². The monoisotopic (exact) mass is 289 g/mol. The van der Waals surface area contributed by atoms with Gasteiger partial charge >= 0.3 is 0 Å². The molecule has 0 radical (unpaired) electrons. The van der Waals surface area contributed by atoms with Gasteiger partial charge in [0.15, 0.2) is 11.5 Å². The first-order chi connectivity index (χ1) is 10.3. The van der Waals surface area contributed by atoms with E-state index in [0.717, 1.165) is 36.0 Å². The number of hydrogen-bond acceptors (Lipinski definition) is 5. The van der Waals surface area contributed by atoms with Crippen molar-refractivity contribution in [2.24, 2.45) is 0 Å². The van der Waals surface area contributed by atoms with Crippen LogP contribution >= 0.6 is 0 Å². The SMILES string of the molecule is Nc1cc2c(cc1N1CCCN3CCCC3C1)OCCO2. The van der Waals surface area contributed by atoms with E-state index in [1.165, 1.54) is 32.4 Å². The molecule has 0 amide bonds. The minimum atomic E-state index is 0.604. The van der Waals surface area contributed by atoms with Crippen molar-refractivity contribution in [2.45, 2.75) is 25.3 Å². The molecular formula is C16H23N3O2. The van der Waals surface area contributed by atoms with Crippen LogP contribution in [-0.4, -0.2) is 50.3 Å². The maximum Gasteiger partial charge on any atom is 0.163 e. The average molecular weight is 289 g/mol. The number of anilines is 2. The second-order valence-corrected chi connectivity index (χ2v) is 6.19. The van der Waals surface area contributed by atoms with Crippen molar-refractivity contribution < 1.29 is 9.47 Å². The van der Waals surface area contributed by atoms with Crippen molar-refractivity contribution >= 4 is 11.4 Å². The third kappa shape index (κ3) is 2.39. The zero-order valence-electron chi connectivity index (χ0n) is 12.4. The summed E-state index contributed by atoms with van der Waals surface area (Å²) in [6.07, 6.45) is 3.83. The van der Waals surface area contributed by atoms with E-state index >= 15 is 0 Å². The topological polar surface area (TPSA) is 51.0 Å². The van der Waals surface area contributed by atoms with E-state index < -0.39 is 0 Å². The molecule has 0 aromatic heterocycles. The van der Waals surface area contributed by atoms with Crippen LogP contribution in [-0.2, 0) is 0 Å². The van der Waals surface area contributed by atoms with Gasteiger partial charge in [0, 0.05) is 37.8 Å². The van der Waals surface area contributed by atoms with Gasteiger partial charge in [0.1, 0.15) is 13.2 Å². The maximum absolute atomic E-state index is 6.27. The summed E-state index contributed by atoms with van der Waals surface area (Å²) >= 11 is 0. The average Bonchev–Trinajstić information content (AvgIpc) is 2.84. The van der Waals surface area contributed by atoms with Crippen LogP contribution in [0, 0.1) is 0 Å². The van der Waals surface area contributed by atoms with Crippen LogP contribution in [0.25, 0.3) is 0 Å². The fraction of sp³-hybridized carbons (Fsp3) is 0.625. The summed E-state index contributed by atoms with van der Waals surface area (Å²) in [7, 11) is 0. The molecular weight excluding hydrogens is 266 g/mol. The molecule has 114 valence electrons. The Morgan fingerprint density at radius 2 is 1.76 bits per heavy atom. The fourth-order valence-electron chi connectivity index (χ4n) is 3.79. The lowest BCUT2D eigenvalue weighted by Gasteiger charge is -2.29. The summed E-state index contributed by atoms with van der Waals surface area (Å²) in [4.78, 5) is 5.07. The van der Waals surface area contributed by atoms with Crippen molar-refractivity contribution in [3.63, 3.8) is 0 Å². The van der Waals surface area contributed by atoms with Crippen molar-refractivity contribution in [3.8, 4) is 11.5 Å². The van der Waals surface area contributed by atoms with Crippen LogP contribution in [0.3, 0.4) is 0 Å². The van der Waals surface area contributed by atoms with Gasteiger partial charge in [-0.3, -0.25) is 4.90 Å². The van der Waals surface area contributed by atoms with Crippen LogP contribution in [0.1, 0.15) is 19.3 Å². The van der Waals surface area contributed by atoms with Gasteiger partial charge in [-0.15, -0.1) is 0 Å². The van der Waals surface area contributed by atoms with Gasteiger partial charge in [-0.2, -0.15) is 0 Å². The number of ether oxygens (including phenoxy) is 2. The molecule has 1 aromatic rings. The molecule has 0 aliphatic carbocycles. The molecule has 2 N–H and O–H groups in total. The van der Waals surface area contributed by atoms with Gasteiger partial charge in [-0.1, -0.05) is 0 Å². The van der Waals surface area contributed by atoms with Crippen molar-refractivity contribution in [3.05, 3.63) is 12.1 Å². The Labute approximate surface area is 125 Å². The molecule has 4 rings (SSSR count). The quantitative estimate of drug-likeness (QED) is 0.798. The third-order valence-corrected chi connectivity index (χ3v) is 4.84. The smallest absolute Gasteiger partial charge is 0.163 e. The molecule has 2 fully saturated rings. The van der Waals surface area contributed by atoms with Gasteiger partial charge in [0.05, 0.1) is 11.4 Å². The molecule has 0 bridgehead atoms. The highest BCUT2D eigenvalue weighted by atomic mass is 16.6. The normalized spacial score (nSPS) is 25.5. The number of benzene rings is 1. The van der Waals surface area contributed by atoms with Gasteiger partial charge in [0.25, 0.3) is 0 Å². The molecule has 1 aromatic carbocycles. The van der Waals surface area contributed by atoms with Crippen molar-refractivity contribution in [2.75, 3.05) is 50.0 Å². The molecule has 3 aliphatic rings. The summed E-state index contributed by atoms with van der Waals surface area (Å²) in [5.74, 6) is 1.61. The Morgan fingerprint density at radius 1 is 1.00 bits per heavy atom. The molecule has 21 heavy (non-hydrogen) atoms. The Balaban J connectivity index is 1.62. The van der Waals surface area contributed by atoms with Crippen LogP contribution < -0.4 is 20.1 Å². The highest BCUT2D eigenvalue weighted by Crippen LogP contribution is 2.39. The minimum Gasteiger partial charge on any atom is -0.486 e. The molecule has 5 nitrogen and oxygen atoms in total. The van der Waals surface area contributed by atoms with E-state index in [1.807, 2.05) is 6.07 Å². The van der Waals surface area contributed by atoms with E-state index in [9.17, 15) is 0 Å². The summed E-state index contributed by atoms with van der Waals surface area (Å²) in [6, 6.07) is 4.66. The van der Waals surface area contributed by atoms with E-state index in [0.29, 0.717) is 19.3 Å². The number of nitrogens with zero attached hydrogens (tertiary/aromatic N) is 2. The Kier molecular flexibility index (Phi) is 3.30. The van der Waals surface area contributed by atoms with E-state index in [-0.39, 0.29) is 0 Å². The van der Waals surface area contributed by atoms with E-state index in [1.54, 1.807) is 0 Å². The van der Waals surface area contributed by atoms with Gasteiger partial charge in [0.2, 0.25) is 0 Å². The van der Waals surface area contributed by atoms with E-state index in [4.69, 9.17) is 15.2 Å². The van der Waals surface area contributed by atoms with Gasteiger partial charge in [-0.25, -0.2) is 0 Å². The Hall–Kier alpha value is -1.62. The minimum absolute atomic E-state index is 0.604. The van der Waals surface area contributed by atoms with Gasteiger partial charge in [-0.05, 0) is 25.8 Å². The summed E-state index contributed by atoms with van der Waals surface area (Å²) in [5, 5.41) is 0. The lowest BCUT2D eigenvalue weighted by atomic mass is 10.1. The lowest BCUT2D eigenvalue weighted by Crippen LogP contribution is -2.37. The zero-order valence-corrected chi connectivity index (χ0v) is 12.4. The number of nitrogen functional groups attached to an aromatic ring is 1. The van der Waals surface area contributed by atoms with Crippen LogP contribution in [0.2, 0.25) is 0 Å². The summed E-state index contributed by atoms with van der Waals surface area (Å²) in [6.45, 7) is 5.83. The first kappa shape index (κ1) is 13.1. The Bertz CT molecular complexity index is 534. The number of fused-ring (bicyclic) bond motifs is 2. The summed E-state index contributed by atoms with van der Waals surface area (Å²) < 4.78 is 11.3. The van der Waals surface area contributed by atoms with Crippen LogP contribution in [0.5, 0.6) is 11.5 Å². The molecule has 0 saturated carbocycles. The maximum atomic E-state index is 6.27. The lowest BCUT2D eigenvalue weighted by molar-refractivity contribution is 0.172. The standard InChI is InChI=1S/C16H23N3O2/c17-13-9-15-16(21-8-7-20-15)10-14(13)19-6-2-5-18-4-1-3-12(18)11-19/h9-10,12H,1-8,11,17H2. The third-order valence-electron chi connectivity index (χ3n) is 4.84. The Morgan fingerprint density at radius 3 is 2.62 bits per heavy atom. The largest absolute Gasteiger partial charge is 0.486 e. The number of nitrogens with two attached hydrogens (primary N) is 1. The zero-order chi connectivity index (χ0) is 14.2. The van der Waals surface area contributed by atoms with Crippen LogP contribution in [0.15, 0.2) is 12.1 Å². The highest BCUT2D eigenvalue weighted by Gasteiger charge is 2.30. The number of rotatable bonds is 1. The molecule has 1 unspecified atom stereocenters. The summed E-state index contributed by atoms with van der Waals surface area (Å²) in [5.41, 5.74) is 8.17. The second kappa shape index (κ2) is 5.30. The first-order valence-corrected chi connectivity index (χ1v) is 7.99. The predicted molar refractivity (Wildman–Crippen MR) is 83.3 cm³/mol. The van der Waals surface area contributed by atoms with Crippen molar-refractivity contribution in [1.29, 1.82) is 0 Å². The molecule has 3 aliphatic heterocycles. The molecule has 1 atom stereocenters. The molecule has 5 heteroatoms. The highest BCUT2D eigenvalue weighted by molar-refractivity contribution is 5.73. The fourth-order valence-corrected chi connectivity index (χ4v) is 3.79. The van der Waals surface area contributed by atoms with Crippen LogP contribution in [0.4, 0.5) is 11.4 Å². The predicted octanol–water partition coefficient (Wildman–Crippen LogP) is 1.71. The molecule has 2 saturated heterocycles. The first-order valence-electron chi connectivity index (χ1n) is 7.99. The number of hydrogen-bond donors (Lipinski definition) is 1. The molecule has 3 heterocycles.